The Balaban J connectivity index is 0.000000292. The van der Waals surface area contributed by atoms with E-state index in [4.69, 9.17) is 0 Å². The van der Waals surface area contributed by atoms with Gasteiger partial charge in [-0.15, -0.1) is 0 Å². The predicted molar refractivity (Wildman–Crippen MR) is 46.3 cm³/mol. The second-order valence-corrected chi connectivity index (χ2v) is 2.98. The van der Waals surface area contributed by atoms with Gasteiger partial charge in [-0.2, -0.15) is 0 Å². The van der Waals surface area contributed by atoms with Gasteiger partial charge in [0.1, 0.15) is 0 Å². The van der Waals surface area contributed by atoms with Gasteiger partial charge in [0.25, 0.3) is 0 Å². The van der Waals surface area contributed by atoms with Crippen molar-refractivity contribution in [3.8, 4) is 0 Å². The molecule has 1 fully saturated rings. The van der Waals surface area contributed by atoms with E-state index in [1.807, 2.05) is 4.90 Å². The Morgan fingerprint density at radius 3 is 2.14 bits per heavy atom. The molecule has 0 aliphatic carbocycles. The number of carbonyl (C=O) groups excluding carboxylic acids is 1. The van der Waals surface area contributed by atoms with Crippen molar-refractivity contribution in [3.05, 3.63) is 0 Å². The maximum atomic E-state index is 10.9. The number of hydrogen-bond donors (Lipinski definition) is 0. The Labute approximate surface area is 80.4 Å². The maximum Gasteiger partial charge on any atom is 0.673 e. The third-order valence-corrected chi connectivity index (χ3v) is 1.66. The topological polar surface area (TPSA) is 20.3 Å². The molecule has 1 saturated heterocycles. The van der Waals surface area contributed by atoms with Gasteiger partial charge in [0.15, 0.2) is 0 Å². The van der Waals surface area contributed by atoms with Crippen molar-refractivity contribution in [1.29, 1.82) is 0 Å². The van der Waals surface area contributed by atoms with Crippen LogP contribution >= 0.6 is 0 Å². The largest absolute Gasteiger partial charge is 0.673 e. The summed E-state index contributed by atoms with van der Waals surface area (Å²) in [6.07, 6.45) is 2.94. The van der Waals surface area contributed by atoms with Gasteiger partial charge in [0.2, 0.25) is 5.91 Å². The van der Waals surface area contributed by atoms with Crippen molar-refractivity contribution < 1.29 is 22.1 Å². The first kappa shape index (κ1) is 13.3. The highest BCUT2D eigenvalue weighted by atomic mass is 19.5. The van der Waals surface area contributed by atoms with E-state index in [1.165, 1.54) is 0 Å². The zero-order chi connectivity index (χ0) is 11.2. The minimum absolute atomic E-state index is 0.344. The standard InChI is InChI=1S/C7H13NO.BF4/c1-2-5-8-6-3-4-7(8)9;2-1(3,4)5/h2-6H2,1H3;/q;-1. The number of hydrogen-bond acceptors (Lipinski definition) is 1. The van der Waals surface area contributed by atoms with Crippen LogP contribution in [0.2, 0.25) is 0 Å². The summed E-state index contributed by atoms with van der Waals surface area (Å²) < 4.78 is 39.0. The van der Waals surface area contributed by atoms with E-state index in [2.05, 4.69) is 6.92 Å². The smallest absolute Gasteiger partial charge is 0.418 e. The average molecular weight is 214 g/mol. The molecule has 0 aromatic heterocycles. The minimum Gasteiger partial charge on any atom is -0.418 e. The fourth-order valence-electron chi connectivity index (χ4n) is 1.21. The lowest BCUT2D eigenvalue weighted by molar-refractivity contribution is -0.127. The molecule has 1 rings (SSSR count). The first-order chi connectivity index (χ1) is 6.34. The van der Waals surface area contributed by atoms with Crippen LogP contribution < -0.4 is 0 Å². The monoisotopic (exact) mass is 214 g/mol. The second-order valence-electron chi connectivity index (χ2n) is 2.98. The van der Waals surface area contributed by atoms with E-state index in [9.17, 15) is 22.1 Å². The summed E-state index contributed by atoms with van der Waals surface area (Å²) in [5, 5.41) is 0. The molecule has 0 spiro atoms. The van der Waals surface area contributed by atoms with Crippen LogP contribution in [0.25, 0.3) is 0 Å². The number of carbonyl (C=O) groups is 1. The van der Waals surface area contributed by atoms with E-state index >= 15 is 0 Å². The SMILES string of the molecule is CCCN1CCCC1=O.F[B-](F)(F)F. The molecule has 0 aromatic rings. The van der Waals surface area contributed by atoms with Crippen LogP contribution in [0.5, 0.6) is 0 Å². The quantitative estimate of drug-likeness (QED) is 0.510. The molecule has 84 valence electrons. The molecule has 1 aliphatic heterocycles. The third kappa shape index (κ3) is 7.88. The van der Waals surface area contributed by atoms with Crippen molar-refractivity contribution in [2.24, 2.45) is 0 Å². The first-order valence-corrected chi connectivity index (χ1v) is 4.49. The van der Waals surface area contributed by atoms with E-state index in [1.54, 1.807) is 0 Å². The molecule has 0 atom stereocenters. The lowest BCUT2D eigenvalue weighted by Crippen LogP contribution is -2.24. The summed E-state index contributed by atoms with van der Waals surface area (Å²) in [7, 11) is -6.00. The Bertz CT molecular complexity index is 179. The van der Waals surface area contributed by atoms with E-state index in [0.29, 0.717) is 5.91 Å². The predicted octanol–water partition coefficient (Wildman–Crippen LogP) is 2.32. The molecule has 0 aromatic carbocycles. The molecule has 1 aliphatic rings. The highest BCUT2D eigenvalue weighted by Gasteiger charge is 2.20. The van der Waals surface area contributed by atoms with Crippen LogP contribution in [-0.2, 0) is 4.79 Å². The first-order valence-electron chi connectivity index (χ1n) is 4.49. The molecule has 0 radical (unpaired) electrons. The summed E-state index contributed by atoms with van der Waals surface area (Å²) in [6, 6.07) is 0. The zero-order valence-corrected chi connectivity index (χ0v) is 7.98. The van der Waals surface area contributed by atoms with Crippen LogP contribution in [-0.4, -0.2) is 31.2 Å². The summed E-state index contributed by atoms with van der Waals surface area (Å²) in [6.45, 7) is 4.05. The Morgan fingerprint density at radius 1 is 1.36 bits per heavy atom. The van der Waals surface area contributed by atoms with Gasteiger partial charge in [-0.3, -0.25) is 4.79 Å². The maximum absolute atomic E-state index is 10.9. The van der Waals surface area contributed by atoms with E-state index in [0.717, 1.165) is 32.4 Å². The fourth-order valence-corrected chi connectivity index (χ4v) is 1.21. The average Bonchev–Trinajstić information content (AvgIpc) is 2.34. The van der Waals surface area contributed by atoms with Crippen molar-refractivity contribution in [2.75, 3.05) is 13.1 Å². The second kappa shape index (κ2) is 5.88. The van der Waals surface area contributed by atoms with E-state index in [-0.39, 0.29) is 0 Å². The highest BCUT2D eigenvalue weighted by Crippen LogP contribution is 2.08. The summed E-state index contributed by atoms with van der Waals surface area (Å²) >= 11 is 0. The van der Waals surface area contributed by atoms with Gasteiger partial charge in [-0.1, -0.05) is 6.92 Å². The summed E-state index contributed by atoms with van der Waals surface area (Å²) in [5.74, 6) is 0.344. The molecule has 1 heterocycles. The fraction of sp³-hybridized carbons (Fsp3) is 0.857. The Hall–Kier alpha value is -0.745. The van der Waals surface area contributed by atoms with Gasteiger partial charge in [0, 0.05) is 19.5 Å². The molecule has 2 nitrogen and oxygen atoms in total. The van der Waals surface area contributed by atoms with Gasteiger partial charge in [-0.25, -0.2) is 0 Å². The number of rotatable bonds is 2. The van der Waals surface area contributed by atoms with Crippen molar-refractivity contribution in [3.63, 3.8) is 0 Å². The minimum atomic E-state index is -6.00. The molecule has 0 unspecified atom stereocenters. The van der Waals surface area contributed by atoms with Crippen molar-refractivity contribution in [1.82, 2.24) is 4.90 Å². The molecule has 0 saturated carbocycles. The summed E-state index contributed by atoms with van der Waals surface area (Å²) in [4.78, 5) is 12.8. The molecule has 7 heteroatoms. The third-order valence-electron chi connectivity index (χ3n) is 1.66. The molecule has 14 heavy (non-hydrogen) atoms. The highest BCUT2D eigenvalue weighted by molar-refractivity contribution is 6.50. The number of halogens is 4. The van der Waals surface area contributed by atoms with E-state index < -0.39 is 7.25 Å². The molecule has 0 N–H and O–H groups in total. The van der Waals surface area contributed by atoms with Gasteiger partial charge in [0.05, 0.1) is 0 Å². The summed E-state index contributed by atoms with van der Waals surface area (Å²) in [5.41, 5.74) is 0. The molecule has 1 amide bonds. The van der Waals surface area contributed by atoms with Crippen LogP contribution in [0, 0.1) is 0 Å². The lowest BCUT2D eigenvalue weighted by atomic mass is 10.3. The van der Waals surface area contributed by atoms with Crippen LogP contribution in [0.3, 0.4) is 0 Å². The van der Waals surface area contributed by atoms with Crippen LogP contribution in [0.1, 0.15) is 26.2 Å². The molecular formula is C7H13BF4NO-. The number of likely N-dealkylation sites (tertiary alicyclic amines) is 1. The van der Waals surface area contributed by atoms with Gasteiger partial charge >= 0.3 is 7.25 Å². The zero-order valence-electron chi connectivity index (χ0n) is 7.98. The number of nitrogens with zero attached hydrogens (tertiary/aromatic N) is 1. The van der Waals surface area contributed by atoms with Crippen LogP contribution in [0.4, 0.5) is 17.3 Å². The van der Waals surface area contributed by atoms with Gasteiger partial charge < -0.3 is 22.2 Å². The molecule has 0 bridgehead atoms. The van der Waals surface area contributed by atoms with Crippen LogP contribution in [0.15, 0.2) is 0 Å². The Kier molecular flexibility index (Phi) is 5.56. The molecular weight excluding hydrogens is 201 g/mol. The number of amides is 1. The normalized spacial score (nSPS) is 16.6. The van der Waals surface area contributed by atoms with Crippen molar-refractivity contribution >= 4 is 13.2 Å². The van der Waals surface area contributed by atoms with Gasteiger partial charge in [-0.05, 0) is 12.8 Å². The van der Waals surface area contributed by atoms with Crippen molar-refractivity contribution in [2.45, 2.75) is 26.2 Å². The Morgan fingerprint density at radius 2 is 1.86 bits per heavy atom. The lowest BCUT2D eigenvalue weighted by Gasteiger charge is -2.12.